The summed E-state index contributed by atoms with van der Waals surface area (Å²) >= 11 is 0. The molecule has 1 aliphatic heterocycles. The van der Waals surface area contributed by atoms with E-state index in [1.165, 1.54) is 5.56 Å². The Labute approximate surface area is 129 Å². The molecule has 4 nitrogen and oxygen atoms in total. The lowest BCUT2D eigenvalue weighted by Crippen LogP contribution is -2.49. The molecule has 0 spiro atoms. The molecule has 0 radical (unpaired) electrons. The smallest absolute Gasteiger partial charge is 0.120 e. The Morgan fingerprint density at radius 3 is 2.67 bits per heavy atom. The summed E-state index contributed by atoms with van der Waals surface area (Å²) in [6, 6.07) is 2.82. The van der Waals surface area contributed by atoms with E-state index < -0.39 is 0 Å². The minimum Gasteiger partial charge on any atom is -0.463 e. The van der Waals surface area contributed by atoms with Crippen molar-refractivity contribution in [2.45, 2.75) is 59.3 Å². The van der Waals surface area contributed by atoms with Gasteiger partial charge in [-0.3, -0.25) is 4.90 Å². The fraction of sp³-hybridized carbons (Fsp3) is 0.765. The van der Waals surface area contributed by atoms with Gasteiger partial charge >= 0.3 is 0 Å². The van der Waals surface area contributed by atoms with Crippen LogP contribution in [0, 0.1) is 6.92 Å². The maximum absolute atomic E-state index is 6.06. The summed E-state index contributed by atoms with van der Waals surface area (Å²) in [4.78, 5) is 4.91. The lowest BCUT2D eigenvalue weighted by atomic mass is 10.1. The third-order valence-corrected chi connectivity index (χ3v) is 4.27. The van der Waals surface area contributed by atoms with E-state index in [9.17, 15) is 0 Å². The number of furan rings is 1. The number of hydrogen-bond donors (Lipinski definition) is 1. The average molecular weight is 293 g/mol. The van der Waals surface area contributed by atoms with Gasteiger partial charge in [-0.25, -0.2) is 0 Å². The van der Waals surface area contributed by atoms with Gasteiger partial charge in [-0.05, 0) is 53.3 Å². The third kappa shape index (κ3) is 4.83. The molecule has 1 aromatic heterocycles. The van der Waals surface area contributed by atoms with Crippen LogP contribution < -0.4 is 5.32 Å². The summed E-state index contributed by atoms with van der Waals surface area (Å²) in [5.74, 6) is 2.16. The number of piperazine rings is 1. The van der Waals surface area contributed by atoms with Crippen LogP contribution in [0.2, 0.25) is 0 Å². The summed E-state index contributed by atoms with van der Waals surface area (Å²) < 4.78 is 6.06. The molecule has 0 amide bonds. The zero-order valence-corrected chi connectivity index (χ0v) is 14.5. The van der Waals surface area contributed by atoms with Gasteiger partial charge in [0.15, 0.2) is 0 Å². The monoisotopic (exact) mass is 293 g/mol. The van der Waals surface area contributed by atoms with Crippen molar-refractivity contribution < 1.29 is 4.42 Å². The van der Waals surface area contributed by atoms with Gasteiger partial charge in [0.25, 0.3) is 0 Å². The molecule has 0 aliphatic carbocycles. The van der Waals surface area contributed by atoms with Crippen molar-refractivity contribution in [3.63, 3.8) is 0 Å². The van der Waals surface area contributed by atoms with Gasteiger partial charge < -0.3 is 14.6 Å². The quantitative estimate of drug-likeness (QED) is 0.925. The van der Waals surface area contributed by atoms with Crippen molar-refractivity contribution in [2.75, 3.05) is 26.7 Å². The minimum absolute atomic E-state index is 0.117. The summed E-state index contributed by atoms with van der Waals surface area (Å²) in [6.07, 6.45) is 0. The summed E-state index contributed by atoms with van der Waals surface area (Å²) in [5, 5.41) is 3.49. The van der Waals surface area contributed by atoms with Gasteiger partial charge in [-0.15, -0.1) is 0 Å². The Morgan fingerprint density at radius 1 is 1.33 bits per heavy atom. The molecule has 1 atom stereocenters. The standard InChI is InChI=1S/C17H31N3O/c1-13-9-15(21-16(13)10-18-17(3,4)5)12-20-8-7-19(6)14(2)11-20/h9,14,18H,7-8,10-12H2,1-6H3. The summed E-state index contributed by atoms with van der Waals surface area (Å²) in [6.45, 7) is 16.1. The first kappa shape index (κ1) is 16.5. The second-order valence-electron chi connectivity index (χ2n) is 7.49. The Morgan fingerprint density at radius 2 is 2.05 bits per heavy atom. The van der Waals surface area contributed by atoms with Gasteiger partial charge in [0.05, 0.1) is 13.1 Å². The zero-order valence-electron chi connectivity index (χ0n) is 14.5. The average Bonchev–Trinajstić information content (AvgIpc) is 2.71. The number of likely N-dealkylation sites (N-methyl/N-ethyl adjacent to an activating group) is 1. The SMILES string of the molecule is Cc1cc(CN2CCN(C)C(C)C2)oc1CNC(C)(C)C. The highest BCUT2D eigenvalue weighted by Gasteiger charge is 2.22. The van der Waals surface area contributed by atoms with Crippen LogP contribution in [0.4, 0.5) is 0 Å². The third-order valence-electron chi connectivity index (χ3n) is 4.27. The van der Waals surface area contributed by atoms with E-state index >= 15 is 0 Å². The predicted molar refractivity (Wildman–Crippen MR) is 87.4 cm³/mol. The van der Waals surface area contributed by atoms with Crippen molar-refractivity contribution in [3.8, 4) is 0 Å². The van der Waals surface area contributed by atoms with Crippen LogP contribution in [0.1, 0.15) is 44.8 Å². The van der Waals surface area contributed by atoms with Gasteiger partial charge in [0, 0.05) is 31.2 Å². The fourth-order valence-corrected chi connectivity index (χ4v) is 2.68. The normalized spacial score (nSPS) is 21.9. The Balaban J connectivity index is 1.93. The van der Waals surface area contributed by atoms with E-state index in [4.69, 9.17) is 4.42 Å². The predicted octanol–water partition coefficient (Wildman–Crippen LogP) is 2.61. The maximum Gasteiger partial charge on any atom is 0.120 e. The molecule has 1 aromatic rings. The molecule has 2 rings (SSSR count). The molecule has 2 heterocycles. The minimum atomic E-state index is 0.117. The van der Waals surface area contributed by atoms with Crippen LogP contribution in [0.3, 0.4) is 0 Å². The molecule has 0 bridgehead atoms. The van der Waals surface area contributed by atoms with Gasteiger partial charge in [0.2, 0.25) is 0 Å². The zero-order chi connectivity index (χ0) is 15.6. The van der Waals surface area contributed by atoms with Crippen molar-refractivity contribution in [3.05, 3.63) is 23.2 Å². The highest BCUT2D eigenvalue weighted by atomic mass is 16.3. The number of nitrogens with zero attached hydrogens (tertiary/aromatic N) is 2. The van der Waals surface area contributed by atoms with Crippen LogP contribution in [0.25, 0.3) is 0 Å². The van der Waals surface area contributed by atoms with Crippen LogP contribution >= 0.6 is 0 Å². The van der Waals surface area contributed by atoms with E-state index in [0.29, 0.717) is 6.04 Å². The van der Waals surface area contributed by atoms with E-state index in [1.807, 2.05) is 0 Å². The maximum atomic E-state index is 6.06. The molecule has 1 fully saturated rings. The highest BCUT2D eigenvalue weighted by Crippen LogP contribution is 2.18. The molecule has 21 heavy (non-hydrogen) atoms. The first-order valence-corrected chi connectivity index (χ1v) is 8.00. The molecular formula is C17H31N3O. The molecule has 4 heteroatoms. The van der Waals surface area contributed by atoms with E-state index in [1.54, 1.807) is 0 Å². The van der Waals surface area contributed by atoms with Crippen LogP contribution in [0.15, 0.2) is 10.5 Å². The van der Waals surface area contributed by atoms with Gasteiger partial charge in [-0.2, -0.15) is 0 Å². The molecular weight excluding hydrogens is 262 g/mol. The fourth-order valence-electron chi connectivity index (χ4n) is 2.68. The number of aryl methyl sites for hydroxylation is 1. The molecule has 1 N–H and O–H groups in total. The van der Waals surface area contributed by atoms with Gasteiger partial charge in [0.1, 0.15) is 11.5 Å². The van der Waals surface area contributed by atoms with Crippen LogP contribution in [-0.2, 0) is 13.1 Å². The van der Waals surface area contributed by atoms with Crippen molar-refractivity contribution in [2.24, 2.45) is 0 Å². The van der Waals surface area contributed by atoms with E-state index in [-0.39, 0.29) is 5.54 Å². The lowest BCUT2D eigenvalue weighted by molar-refractivity contribution is 0.0942. The van der Waals surface area contributed by atoms with Gasteiger partial charge in [-0.1, -0.05) is 0 Å². The number of hydrogen-bond acceptors (Lipinski definition) is 4. The largest absolute Gasteiger partial charge is 0.463 e. The van der Waals surface area contributed by atoms with Crippen molar-refractivity contribution in [1.29, 1.82) is 0 Å². The van der Waals surface area contributed by atoms with Crippen LogP contribution in [-0.4, -0.2) is 48.1 Å². The molecule has 1 aliphatic rings. The molecule has 1 saturated heterocycles. The van der Waals surface area contributed by atoms with Crippen LogP contribution in [0.5, 0.6) is 0 Å². The molecule has 0 saturated carbocycles. The van der Waals surface area contributed by atoms with Crippen molar-refractivity contribution in [1.82, 2.24) is 15.1 Å². The topological polar surface area (TPSA) is 31.6 Å². The second kappa shape index (κ2) is 6.51. The Kier molecular flexibility index (Phi) is 5.12. The molecule has 1 unspecified atom stereocenters. The summed E-state index contributed by atoms with van der Waals surface area (Å²) in [5.41, 5.74) is 1.37. The highest BCUT2D eigenvalue weighted by molar-refractivity contribution is 5.20. The van der Waals surface area contributed by atoms with E-state index in [0.717, 1.165) is 44.2 Å². The second-order valence-corrected chi connectivity index (χ2v) is 7.49. The van der Waals surface area contributed by atoms with Crippen molar-refractivity contribution >= 4 is 0 Å². The number of nitrogens with one attached hydrogen (secondary N) is 1. The molecule has 120 valence electrons. The Bertz CT molecular complexity index is 461. The summed E-state index contributed by atoms with van der Waals surface area (Å²) in [7, 11) is 2.20. The number of rotatable bonds is 4. The lowest BCUT2D eigenvalue weighted by Gasteiger charge is -2.37. The Hall–Kier alpha value is -0.840. The first-order valence-electron chi connectivity index (χ1n) is 8.00. The molecule has 0 aromatic carbocycles. The van der Waals surface area contributed by atoms with E-state index in [2.05, 4.69) is 62.8 Å². The first-order chi connectivity index (χ1) is 9.74.